The first kappa shape index (κ1) is 10.5. The number of rotatable bonds is 2. The summed E-state index contributed by atoms with van der Waals surface area (Å²) in [6, 6.07) is 0. The third kappa shape index (κ3) is 1.70. The number of esters is 1. The molecule has 0 aliphatic carbocycles. The Labute approximate surface area is 79.4 Å². The van der Waals surface area contributed by atoms with Crippen molar-refractivity contribution in [2.75, 3.05) is 13.7 Å². The van der Waals surface area contributed by atoms with Crippen LogP contribution in [-0.4, -0.2) is 25.3 Å². The van der Waals surface area contributed by atoms with Crippen molar-refractivity contribution >= 4 is 5.97 Å². The lowest BCUT2D eigenvalue weighted by Crippen LogP contribution is -2.42. The molecule has 3 atom stereocenters. The molecule has 76 valence electrons. The van der Waals surface area contributed by atoms with Gasteiger partial charge >= 0.3 is 5.97 Å². The van der Waals surface area contributed by atoms with Crippen molar-refractivity contribution in [3.63, 3.8) is 0 Å². The van der Waals surface area contributed by atoms with Crippen LogP contribution in [0.25, 0.3) is 0 Å². The van der Waals surface area contributed by atoms with Gasteiger partial charge in [0.25, 0.3) is 0 Å². The maximum absolute atomic E-state index is 11.3. The highest BCUT2D eigenvalue weighted by Gasteiger charge is 2.45. The lowest BCUT2D eigenvalue weighted by Gasteiger charge is -2.32. The molecule has 1 aliphatic rings. The fourth-order valence-electron chi connectivity index (χ4n) is 1.85. The first-order valence-corrected chi connectivity index (χ1v) is 4.74. The Balaban J connectivity index is 2.73. The zero-order valence-electron chi connectivity index (χ0n) is 8.79. The average Bonchev–Trinajstić information content (AvgIpc) is 2.46. The van der Waals surface area contributed by atoms with Gasteiger partial charge in [0, 0.05) is 6.61 Å². The van der Waals surface area contributed by atoms with Gasteiger partial charge in [0.2, 0.25) is 0 Å². The van der Waals surface area contributed by atoms with E-state index in [0.29, 0.717) is 5.92 Å². The number of carbonyl (C=O) groups is 1. The molecular weight excluding hydrogens is 168 g/mol. The van der Waals surface area contributed by atoms with Crippen LogP contribution in [0.3, 0.4) is 0 Å². The summed E-state index contributed by atoms with van der Waals surface area (Å²) in [6.45, 7) is 6.73. The van der Waals surface area contributed by atoms with Gasteiger partial charge in [-0.05, 0) is 26.2 Å². The van der Waals surface area contributed by atoms with Crippen molar-refractivity contribution < 1.29 is 14.3 Å². The van der Waals surface area contributed by atoms with E-state index in [1.54, 1.807) is 0 Å². The molecule has 0 aromatic rings. The molecular formula is C10H18O3. The topological polar surface area (TPSA) is 35.5 Å². The minimum absolute atomic E-state index is 0.184. The lowest BCUT2D eigenvalue weighted by atomic mass is 9.80. The second-order valence-electron chi connectivity index (χ2n) is 3.97. The van der Waals surface area contributed by atoms with Crippen LogP contribution in [0.4, 0.5) is 0 Å². The molecule has 0 spiro atoms. The van der Waals surface area contributed by atoms with E-state index in [1.807, 2.05) is 13.8 Å². The summed E-state index contributed by atoms with van der Waals surface area (Å²) in [6.07, 6.45) is 1.03. The zero-order valence-corrected chi connectivity index (χ0v) is 8.79. The van der Waals surface area contributed by atoms with E-state index in [2.05, 4.69) is 6.92 Å². The summed E-state index contributed by atoms with van der Waals surface area (Å²) in [5, 5.41) is 0. The van der Waals surface area contributed by atoms with Crippen molar-refractivity contribution in [2.45, 2.75) is 32.8 Å². The normalized spacial score (nSPS) is 35.8. The number of hydrogen-bond donors (Lipinski definition) is 0. The Kier molecular flexibility index (Phi) is 2.96. The van der Waals surface area contributed by atoms with Crippen molar-refractivity contribution in [3.05, 3.63) is 0 Å². The summed E-state index contributed by atoms with van der Waals surface area (Å²) in [4.78, 5) is 11.3. The molecule has 0 aromatic heterocycles. The molecule has 0 amide bonds. The largest absolute Gasteiger partial charge is 0.469 e. The number of hydrogen-bond acceptors (Lipinski definition) is 3. The predicted octanol–water partition coefficient (Wildman–Crippen LogP) is 1.61. The minimum atomic E-state index is -0.340. The van der Waals surface area contributed by atoms with Crippen LogP contribution >= 0.6 is 0 Å². The molecule has 1 saturated heterocycles. The second-order valence-corrected chi connectivity index (χ2v) is 3.97. The molecule has 1 aliphatic heterocycles. The molecule has 3 heteroatoms. The molecule has 0 aromatic carbocycles. The highest BCUT2D eigenvalue weighted by atomic mass is 16.5. The summed E-state index contributed by atoms with van der Waals surface area (Å²) >= 11 is 0. The van der Waals surface area contributed by atoms with Gasteiger partial charge in [0.1, 0.15) is 0 Å². The third-order valence-electron chi connectivity index (χ3n) is 3.36. The minimum Gasteiger partial charge on any atom is -0.469 e. The SMILES string of the molecule is COC(=O)[C@@H](C)[C@]1(C)OCC[C@H]1C. The van der Waals surface area contributed by atoms with Crippen molar-refractivity contribution in [3.8, 4) is 0 Å². The van der Waals surface area contributed by atoms with E-state index in [-0.39, 0.29) is 17.5 Å². The summed E-state index contributed by atoms with van der Waals surface area (Å²) < 4.78 is 10.4. The van der Waals surface area contributed by atoms with Crippen molar-refractivity contribution in [1.29, 1.82) is 0 Å². The first-order chi connectivity index (χ1) is 6.02. The van der Waals surface area contributed by atoms with E-state index in [4.69, 9.17) is 9.47 Å². The zero-order chi connectivity index (χ0) is 10.1. The summed E-state index contributed by atoms with van der Waals surface area (Å²) in [7, 11) is 1.42. The van der Waals surface area contributed by atoms with Crippen LogP contribution in [0.2, 0.25) is 0 Å². The molecule has 1 rings (SSSR count). The van der Waals surface area contributed by atoms with Gasteiger partial charge in [-0.1, -0.05) is 6.92 Å². The second kappa shape index (κ2) is 3.66. The first-order valence-electron chi connectivity index (χ1n) is 4.74. The van der Waals surface area contributed by atoms with E-state index >= 15 is 0 Å². The number of carbonyl (C=O) groups excluding carboxylic acids is 1. The van der Waals surface area contributed by atoms with Crippen molar-refractivity contribution in [1.82, 2.24) is 0 Å². The molecule has 0 unspecified atom stereocenters. The fourth-order valence-corrected chi connectivity index (χ4v) is 1.85. The Morgan fingerprint density at radius 2 is 2.31 bits per heavy atom. The fraction of sp³-hybridized carbons (Fsp3) is 0.900. The molecule has 0 N–H and O–H groups in total. The van der Waals surface area contributed by atoms with E-state index in [9.17, 15) is 4.79 Å². The van der Waals surface area contributed by atoms with E-state index in [0.717, 1.165) is 13.0 Å². The van der Waals surface area contributed by atoms with Crippen LogP contribution in [-0.2, 0) is 14.3 Å². The Hall–Kier alpha value is -0.570. The molecule has 13 heavy (non-hydrogen) atoms. The Bertz CT molecular complexity index is 202. The average molecular weight is 186 g/mol. The maximum Gasteiger partial charge on any atom is 0.311 e. The highest BCUT2D eigenvalue weighted by Crippen LogP contribution is 2.38. The molecule has 0 radical (unpaired) electrons. The van der Waals surface area contributed by atoms with Crippen LogP contribution in [0.5, 0.6) is 0 Å². The molecule has 0 bridgehead atoms. The molecule has 1 fully saturated rings. The van der Waals surface area contributed by atoms with E-state index < -0.39 is 0 Å². The number of ether oxygens (including phenoxy) is 2. The van der Waals surface area contributed by atoms with Crippen molar-refractivity contribution in [2.24, 2.45) is 11.8 Å². The van der Waals surface area contributed by atoms with Crippen LogP contribution in [0.1, 0.15) is 27.2 Å². The summed E-state index contributed by atoms with van der Waals surface area (Å²) in [5.41, 5.74) is -0.340. The van der Waals surface area contributed by atoms with Gasteiger partial charge in [-0.2, -0.15) is 0 Å². The Morgan fingerprint density at radius 1 is 1.69 bits per heavy atom. The molecule has 0 saturated carbocycles. The highest BCUT2D eigenvalue weighted by molar-refractivity contribution is 5.73. The predicted molar refractivity (Wildman–Crippen MR) is 49.3 cm³/mol. The van der Waals surface area contributed by atoms with Crippen LogP contribution < -0.4 is 0 Å². The van der Waals surface area contributed by atoms with Gasteiger partial charge in [-0.25, -0.2) is 0 Å². The smallest absolute Gasteiger partial charge is 0.311 e. The van der Waals surface area contributed by atoms with Gasteiger partial charge in [0.15, 0.2) is 0 Å². The van der Waals surface area contributed by atoms with Crippen LogP contribution in [0, 0.1) is 11.8 Å². The van der Waals surface area contributed by atoms with Crippen LogP contribution in [0.15, 0.2) is 0 Å². The standard InChI is InChI=1S/C10H18O3/c1-7-5-6-13-10(7,3)8(2)9(11)12-4/h7-8H,5-6H2,1-4H3/t7-,8-,10-/m1/s1. The van der Waals surface area contributed by atoms with Gasteiger partial charge < -0.3 is 9.47 Å². The van der Waals surface area contributed by atoms with E-state index in [1.165, 1.54) is 7.11 Å². The Morgan fingerprint density at radius 3 is 2.69 bits per heavy atom. The maximum atomic E-state index is 11.3. The lowest BCUT2D eigenvalue weighted by molar-refractivity contribution is -0.156. The quantitative estimate of drug-likeness (QED) is 0.615. The van der Waals surface area contributed by atoms with Gasteiger partial charge in [-0.3, -0.25) is 4.79 Å². The monoisotopic (exact) mass is 186 g/mol. The van der Waals surface area contributed by atoms with Gasteiger partial charge in [-0.15, -0.1) is 0 Å². The summed E-state index contributed by atoms with van der Waals surface area (Å²) in [5.74, 6) is 0.0489. The third-order valence-corrected chi connectivity index (χ3v) is 3.36. The van der Waals surface area contributed by atoms with Gasteiger partial charge in [0.05, 0.1) is 18.6 Å². The number of methoxy groups -OCH3 is 1. The molecule has 3 nitrogen and oxygen atoms in total. The molecule has 1 heterocycles.